The molecule has 2 rings (SSSR count). The van der Waals surface area contributed by atoms with Crippen molar-refractivity contribution in [1.82, 2.24) is 9.78 Å². The molecule has 1 saturated carbocycles. The van der Waals surface area contributed by atoms with E-state index < -0.39 is 0 Å². The van der Waals surface area contributed by atoms with Crippen LogP contribution in [0.3, 0.4) is 0 Å². The second kappa shape index (κ2) is 6.08. The van der Waals surface area contributed by atoms with E-state index in [-0.39, 0.29) is 6.04 Å². The lowest BCUT2D eigenvalue weighted by atomic mass is 9.87. The molecule has 3 nitrogen and oxygen atoms in total. The molecule has 0 amide bonds. The quantitative estimate of drug-likeness (QED) is 0.903. The van der Waals surface area contributed by atoms with Crippen LogP contribution in [0.2, 0.25) is 0 Å². The van der Waals surface area contributed by atoms with Gasteiger partial charge in [-0.2, -0.15) is 5.10 Å². The van der Waals surface area contributed by atoms with Gasteiger partial charge in [0.1, 0.15) is 0 Å². The summed E-state index contributed by atoms with van der Waals surface area (Å²) < 4.78 is 2.29. The highest BCUT2D eigenvalue weighted by atomic mass is 15.3. The van der Waals surface area contributed by atoms with Gasteiger partial charge < -0.3 is 5.73 Å². The van der Waals surface area contributed by atoms with Gasteiger partial charge in [0.2, 0.25) is 0 Å². The van der Waals surface area contributed by atoms with Crippen molar-refractivity contribution in [1.29, 1.82) is 0 Å². The number of rotatable bonds is 4. The predicted molar refractivity (Wildman–Crippen MR) is 80.3 cm³/mol. The molecule has 2 N–H and O–H groups in total. The summed E-state index contributed by atoms with van der Waals surface area (Å²) in [7, 11) is 0. The second-order valence-electron chi connectivity index (χ2n) is 6.39. The zero-order valence-corrected chi connectivity index (χ0v) is 12.9. The maximum Gasteiger partial charge on any atom is 0.0629 e. The fraction of sp³-hybridized carbons (Fsp3) is 0.812. The van der Waals surface area contributed by atoms with Crippen LogP contribution in [-0.2, 0) is 6.42 Å². The van der Waals surface area contributed by atoms with Crippen molar-refractivity contribution < 1.29 is 0 Å². The number of nitrogens with zero attached hydrogens (tertiary/aromatic N) is 2. The van der Waals surface area contributed by atoms with Gasteiger partial charge in [0, 0.05) is 11.7 Å². The normalized spacial score (nSPS) is 25.5. The first-order valence-electron chi connectivity index (χ1n) is 7.83. The van der Waals surface area contributed by atoms with Crippen molar-refractivity contribution in [3.63, 3.8) is 0 Å². The molecule has 0 aliphatic heterocycles. The van der Waals surface area contributed by atoms with E-state index in [0.29, 0.717) is 6.04 Å². The van der Waals surface area contributed by atoms with Crippen molar-refractivity contribution in [2.75, 3.05) is 0 Å². The van der Waals surface area contributed by atoms with Gasteiger partial charge >= 0.3 is 0 Å². The lowest BCUT2D eigenvalue weighted by molar-refractivity contribution is 0.263. The Morgan fingerprint density at radius 3 is 2.74 bits per heavy atom. The Hall–Kier alpha value is -0.830. The third-order valence-electron chi connectivity index (χ3n) is 4.72. The zero-order chi connectivity index (χ0) is 14.0. The molecule has 1 heterocycles. The molecule has 1 aromatic heterocycles. The smallest absolute Gasteiger partial charge is 0.0629 e. The summed E-state index contributed by atoms with van der Waals surface area (Å²) in [5.74, 6) is 0.837. The molecule has 1 aliphatic carbocycles. The van der Waals surface area contributed by atoms with Crippen LogP contribution in [0, 0.1) is 19.8 Å². The minimum absolute atomic E-state index is 0.264. The molecule has 0 spiro atoms. The number of hydrogen-bond donors (Lipinski definition) is 1. The molecule has 19 heavy (non-hydrogen) atoms. The van der Waals surface area contributed by atoms with E-state index in [4.69, 9.17) is 10.8 Å². The molecule has 0 saturated heterocycles. The Morgan fingerprint density at radius 2 is 2.11 bits per heavy atom. The molecule has 1 aromatic rings. The summed E-state index contributed by atoms with van der Waals surface area (Å²) in [6.45, 7) is 8.87. The SMILES string of the molecule is CCC(N)Cc1c(C)nn(C2CCCC(C)C2)c1C. The molecule has 0 bridgehead atoms. The van der Waals surface area contributed by atoms with Crippen LogP contribution >= 0.6 is 0 Å². The van der Waals surface area contributed by atoms with E-state index in [1.54, 1.807) is 0 Å². The summed E-state index contributed by atoms with van der Waals surface area (Å²) in [5.41, 5.74) is 10.0. The molecule has 3 unspecified atom stereocenters. The van der Waals surface area contributed by atoms with Gasteiger partial charge in [0.25, 0.3) is 0 Å². The largest absolute Gasteiger partial charge is 0.327 e. The van der Waals surface area contributed by atoms with Crippen molar-refractivity contribution in [2.24, 2.45) is 11.7 Å². The third kappa shape index (κ3) is 3.19. The van der Waals surface area contributed by atoms with Gasteiger partial charge in [-0.3, -0.25) is 4.68 Å². The van der Waals surface area contributed by atoms with Crippen molar-refractivity contribution in [2.45, 2.75) is 78.3 Å². The highest BCUT2D eigenvalue weighted by Crippen LogP contribution is 2.33. The van der Waals surface area contributed by atoms with Crippen molar-refractivity contribution in [3.8, 4) is 0 Å². The van der Waals surface area contributed by atoms with Gasteiger partial charge in [0.05, 0.1) is 11.7 Å². The Morgan fingerprint density at radius 1 is 1.37 bits per heavy atom. The number of nitrogens with two attached hydrogens (primary N) is 1. The standard InChI is InChI=1S/C16H29N3/c1-5-14(17)10-16-12(3)18-19(13(16)4)15-8-6-7-11(2)9-15/h11,14-15H,5-10,17H2,1-4H3. The lowest BCUT2D eigenvalue weighted by Gasteiger charge is -2.28. The van der Waals surface area contributed by atoms with Crippen LogP contribution in [-0.4, -0.2) is 15.8 Å². The van der Waals surface area contributed by atoms with Gasteiger partial charge in [-0.1, -0.05) is 26.7 Å². The van der Waals surface area contributed by atoms with Crippen LogP contribution < -0.4 is 5.73 Å². The molecule has 1 aliphatic rings. The van der Waals surface area contributed by atoms with E-state index in [2.05, 4.69) is 32.4 Å². The fourth-order valence-electron chi connectivity index (χ4n) is 3.38. The van der Waals surface area contributed by atoms with Crippen LogP contribution in [0.25, 0.3) is 0 Å². The Kier molecular flexibility index (Phi) is 4.67. The monoisotopic (exact) mass is 263 g/mol. The maximum absolute atomic E-state index is 6.12. The Bertz CT molecular complexity index is 422. The zero-order valence-electron chi connectivity index (χ0n) is 12.9. The molecular weight excluding hydrogens is 234 g/mol. The highest BCUT2D eigenvalue weighted by molar-refractivity contribution is 5.26. The summed E-state index contributed by atoms with van der Waals surface area (Å²) in [6, 6.07) is 0.870. The number of aryl methyl sites for hydroxylation is 1. The van der Waals surface area contributed by atoms with E-state index in [1.807, 2.05) is 0 Å². The average Bonchev–Trinajstić information content (AvgIpc) is 2.66. The summed E-state index contributed by atoms with van der Waals surface area (Å²) in [4.78, 5) is 0. The maximum atomic E-state index is 6.12. The summed E-state index contributed by atoms with van der Waals surface area (Å²) in [5, 5.41) is 4.82. The minimum Gasteiger partial charge on any atom is -0.327 e. The Balaban J connectivity index is 2.20. The highest BCUT2D eigenvalue weighted by Gasteiger charge is 2.24. The average molecular weight is 263 g/mol. The lowest BCUT2D eigenvalue weighted by Crippen LogP contribution is -2.22. The van der Waals surface area contributed by atoms with Gasteiger partial charge in [-0.05, 0) is 51.0 Å². The van der Waals surface area contributed by atoms with Crippen LogP contribution in [0.15, 0.2) is 0 Å². The van der Waals surface area contributed by atoms with Crippen molar-refractivity contribution >= 4 is 0 Å². The minimum atomic E-state index is 0.264. The van der Waals surface area contributed by atoms with E-state index in [0.717, 1.165) is 18.8 Å². The fourth-order valence-corrected chi connectivity index (χ4v) is 3.38. The van der Waals surface area contributed by atoms with Crippen LogP contribution in [0.1, 0.15) is 68.9 Å². The molecule has 1 fully saturated rings. The topological polar surface area (TPSA) is 43.8 Å². The van der Waals surface area contributed by atoms with Gasteiger partial charge in [-0.15, -0.1) is 0 Å². The predicted octanol–water partition coefficient (Wildman–Crippen LogP) is 3.53. The van der Waals surface area contributed by atoms with Gasteiger partial charge in [-0.25, -0.2) is 0 Å². The molecule has 0 radical (unpaired) electrons. The third-order valence-corrected chi connectivity index (χ3v) is 4.72. The van der Waals surface area contributed by atoms with E-state index in [1.165, 1.54) is 42.6 Å². The molecule has 3 atom stereocenters. The first kappa shape index (κ1) is 14.6. The second-order valence-corrected chi connectivity index (χ2v) is 6.39. The summed E-state index contributed by atoms with van der Waals surface area (Å²) in [6.07, 6.45) is 7.28. The first-order chi connectivity index (χ1) is 9.02. The van der Waals surface area contributed by atoms with E-state index in [9.17, 15) is 0 Å². The molecule has 3 heteroatoms. The molecule has 108 valence electrons. The Labute approximate surface area is 117 Å². The van der Waals surface area contributed by atoms with Crippen molar-refractivity contribution in [3.05, 3.63) is 17.0 Å². The number of aromatic nitrogens is 2. The first-order valence-corrected chi connectivity index (χ1v) is 7.83. The molecule has 0 aromatic carbocycles. The van der Waals surface area contributed by atoms with Gasteiger partial charge in [0.15, 0.2) is 0 Å². The number of hydrogen-bond acceptors (Lipinski definition) is 2. The van der Waals surface area contributed by atoms with Crippen LogP contribution in [0.4, 0.5) is 0 Å². The van der Waals surface area contributed by atoms with E-state index >= 15 is 0 Å². The summed E-state index contributed by atoms with van der Waals surface area (Å²) >= 11 is 0. The van der Waals surface area contributed by atoms with Crippen LogP contribution in [0.5, 0.6) is 0 Å². The molecular formula is C16H29N3.